The van der Waals surface area contributed by atoms with Crippen molar-refractivity contribution in [2.24, 2.45) is 0 Å². The van der Waals surface area contributed by atoms with Crippen molar-refractivity contribution in [1.82, 2.24) is 9.80 Å². The summed E-state index contributed by atoms with van der Waals surface area (Å²) in [5.41, 5.74) is 4.08. The van der Waals surface area contributed by atoms with E-state index in [4.69, 9.17) is 0 Å². The second kappa shape index (κ2) is 7.56. The van der Waals surface area contributed by atoms with Crippen molar-refractivity contribution in [3.63, 3.8) is 0 Å². The fourth-order valence-electron chi connectivity index (χ4n) is 3.98. The van der Waals surface area contributed by atoms with Crippen molar-refractivity contribution in [3.8, 4) is 0 Å². The van der Waals surface area contributed by atoms with Gasteiger partial charge >= 0.3 is 0 Å². The van der Waals surface area contributed by atoms with E-state index >= 15 is 0 Å². The standard InChI is InChI=1S/C20H31N3O/c1-16-7-6-9-19(18(16)3)22-13-11-21(12-14-22)15-20(24)23-10-5-4-8-17(23)2/h6-7,9,17H,4-5,8,10-15H2,1-3H3. The molecule has 0 radical (unpaired) electrons. The van der Waals surface area contributed by atoms with Gasteiger partial charge in [0.2, 0.25) is 5.91 Å². The van der Waals surface area contributed by atoms with Gasteiger partial charge in [-0.1, -0.05) is 12.1 Å². The predicted octanol–water partition coefficient (Wildman–Crippen LogP) is 2.83. The van der Waals surface area contributed by atoms with Gasteiger partial charge in [-0.3, -0.25) is 9.69 Å². The summed E-state index contributed by atoms with van der Waals surface area (Å²) in [4.78, 5) is 19.5. The molecule has 132 valence electrons. The van der Waals surface area contributed by atoms with Crippen LogP contribution in [-0.2, 0) is 4.79 Å². The van der Waals surface area contributed by atoms with Crippen LogP contribution in [0.1, 0.15) is 37.3 Å². The minimum absolute atomic E-state index is 0.322. The number of carbonyl (C=O) groups excluding carboxylic acids is 1. The Morgan fingerprint density at radius 2 is 1.83 bits per heavy atom. The molecular formula is C20H31N3O. The number of hydrogen-bond acceptors (Lipinski definition) is 3. The molecule has 2 aliphatic heterocycles. The topological polar surface area (TPSA) is 26.8 Å². The number of hydrogen-bond donors (Lipinski definition) is 0. The lowest BCUT2D eigenvalue weighted by Gasteiger charge is -2.39. The number of benzene rings is 1. The highest BCUT2D eigenvalue weighted by atomic mass is 16.2. The molecule has 1 atom stereocenters. The molecule has 1 unspecified atom stereocenters. The number of likely N-dealkylation sites (tertiary alicyclic amines) is 1. The first-order chi connectivity index (χ1) is 11.6. The van der Waals surface area contributed by atoms with E-state index in [1.54, 1.807) is 0 Å². The minimum atomic E-state index is 0.322. The molecule has 3 rings (SSSR count). The first-order valence-corrected chi connectivity index (χ1v) is 9.39. The van der Waals surface area contributed by atoms with E-state index in [-0.39, 0.29) is 0 Å². The van der Waals surface area contributed by atoms with E-state index in [0.29, 0.717) is 18.5 Å². The van der Waals surface area contributed by atoms with Crippen molar-refractivity contribution in [3.05, 3.63) is 29.3 Å². The van der Waals surface area contributed by atoms with Gasteiger partial charge in [0.1, 0.15) is 0 Å². The SMILES string of the molecule is Cc1cccc(N2CCN(CC(=O)N3CCCCC3C)CC2)c1C. The first-order valence-electron chi connectivity index (χ1n) is 9.39. The molecule has 0 spiro atoms. The molecule has 2 heterocycles. The number of nitrogens with zero attached hydrogens (tertiary/aromatic N) is 3. The Hall–Kier alpha value is -1.55. The van der Waals surface area contributed by atoms with Crippen LogP contribution in [0.3, 0.4) is 0 Å². The summed E-state index contributed by atoms with van der Waals surface area (Å²) in [7, 11) is 0. The zero-order valence-corrected chi connectivity index (χ0v) is 15.4. The van der Waals surface area contributed by atoms with Gasteiger partial charge in [0.05, 0.1) is 6.54 Å². The summed E-state index contributed by atoms with van der Waals surface area (Å²) in [5, 5.41) is 0. The molecule has 0 aromatic heterocycles. The van der Waals surface area contributed by atoms with Crippen LogP contribution in [0.25, 0.3) is 0 Å². The number of piperazine rings is 1. The lowest BCUT2D eigenvalue weighted by atomic mass is 10.0. The molecule has 1 aromatic rings. The molecule has 1 amide bonds. The molecular weight excluding hydrogens is 298 g/mol. The van der Waals surface area contributed by atoms with Crippen LogP contribution in [0.15, 0.2) is 18.2 Å². The third kappa shape index (κ3) is 3.75. The zero-order chi connectivity index (χ0) is 17.1. The van der Waals surface area contributed by atoms with Gasteiger partial charge in [0, 0.05) is 44.5 Å². The Morgan fingerprint density at radius 1 is 1.08 bits per heavy atom. The quantitative estimate of drug-likeness (QED) is 0.853. The van der Waals surface area contributed by atoms with Crippen molar-refractivity contribution < 1.29 is 4.79 Å². The Morgan fingerprint density at radius 3 is 2.54 bits per heavy atom. The highest BCUT2D eigenvalue weighted by molar-refractivity contribution is 5.78. The second-order valence-corrected chi connectivity index (χ2v) is 7.41. The summed E-state index contributed by atoms with van der Waals surface area (Å²) < 4.78 is 0. The predicted molar refractivity (Wildman–Crippen MR) is 99.6 cm³/mol. The summed E-state index contributed by atoms with van der Waals surface area (Å²) in [6.45, 7) is 12.1. The van der Waals surface area contributed by atoms with Crippen molar-refractivity contribution in [2.45, 2.75) is 46.1 Å². The number of piperidine rings is 1. The van der Waals surface area contributed by atoms with Gasteiger partial charge < -0.3 is 9.80 Å². The van der Waals surface area contributed by atoms with Crippen LogP contribution in [-0.4, -0.2) is 61.0 Å². The van der Waals surface area contributed by atoms with Gasteiger partial charge in [-0.05, 0) is 57.2 Å². The third-order valence-electron chi connectivity index (χ3n) is 5.77. The van der Waals surface area contributed by atoms with Crippen molar-refractivity contribution in [2.75, 3.05) is 44.2 Å². The fourth-order valence-corrected chi connectivity index (χ4v) is 3.98. The molecule has 1 aromatic carbocycles. The van der Waals surface area contributed by atoms with E-state index < -0.39 is 0 Å². The van der Waals surface area contributed by atoms with Crippen LogP contribution in [0.2, 0.25) is 0 Å². The minimum Gasteiger partial charge on any atom is -0.369 e. The molecule has 4 heteroatoms. The highest BCUT2D eigenvalue weighted by Crippen LogP contribution is 2.24. The average molecular weight is 329 g/mol. The van der Waals surface area contributed by atoms with Crippen LogP contribution in [0.5, 0.6) is 0 Å². The summed E-state index contributed by atoms with van der Waals surface area (Å²) in [5.74, 6) is 0.322. The van der Waals surface area contributed by atoms with Crippen molar-refractivity contribution >= 4 is 11.6 Å². The van der Waals surface area contributed by atoms with Gasteiger partial charge in [-0.15, -0.1) is 0 Å². The zero-order valence-electron chi connectivity index (χ0n) is 15.4. The number of rotatable bonds is 3. The Balaban J connectivity index is 1.53. The number of anilines is 1. The Kier molecular flexibility index (Phi) is 5.44. The maximum absolute atomic E-state index is 12.6. The maximum Gasteiger partial charge on any atom is 0.236 e. The van der Waals surface area contributed by atoms with Gasteiger partial charge in [-0.2, -0.15) is 0 Å². The van der Waals surface area contributed by atoms with E-state index in [9.17, 15) is 4.79 Å². The summed E-state index contributed by atoms with van der Waals surface area (Å²) >= 11 is 0. The normalized spacial score (nSPS) is 22.7. The van der Waals surface area contributed by atoms with Gasteiger partial charge in [-0.25, -0.2) is 0 Å². The molecule has 4 nitrogen and oxygen atoms in total. The Labute approximate surface area is 146 Å². The molecule has 0 aliphatic carbocycles. The molecule has 0 N–H and O–H groups in total. The average Bonchev–Trinajstić information content (AvgIpc) is 2.58. The molecule has 2 aliphatic rings. The smallest absolute Gasteiger partial charge is 0.236 e. The monoisotopic (exact) mass is 329 g/mol. The van der Waals surface area contributed by atoms with Gasteiger partial charge in [0.25, 0.3) is 0 Å². The highest BCUT2D eigenvalue weighted by Gasteiger charge is 2.26. The first kappa shape index (κ1) is 17.3. The molecule has 2 saturated heterocycles. The molecule has 0 saturated carbocycles. The lowest BCUT2D eigenvalue weighted by Crippen LogP contribution is -2.52. The number of aryl methyl sites for hydroxylation is 1. The van der Waals surface area contributed by atoms with E-state index in [1.807, 2.05) is 0 Å². The van der Waals surface area contributed by atoms with Crippen LogP contribution in [0.4, 0.5) is 5.69 Å². The fraction of sp³-hybridized carbons (Fsp3) is 0.650. The maximum atomic E-state index is 12.6. The van der Waals surface area contributed by atoms with Crippen LogP contribution >= 0.6 is 0 Å². The summed E-state index contributed by atoms with van der Waals surface area (Å²) in [6, 6.07) is 6.96. The Bertz CT molecular complexity index is 578. The van der Waals surface area contributed by atoms with Crippen molar-refractivity contribution in [1.29, 1.82) is 0 Å². The van der Waals surface area contributed by atoms with E-state index in [0.717, 1.165) is 45.6 Å². The summed E-state index contributed by atoms with van der Waals surface area (Å²) in [6.07, 6.45) is 3.59. The molecule has 0 bridgehead atoms. The lowest BCUT2D eigenvalue weighted by molar-refractivity contribution is -0.135. The van der Waals surface area contributed by atoms with Crippen LogP contribution < -0.4 is 4.90 Å². The number of carbonyl (C=O) groups is 1. The van der Waals surface area contributed by atoms with Crippen LogP contribution in [0, 0.1) is 13.8 Å². The number of amides is 1. The molecule has 2 fully saturated rings. The molecule has 24 heavy (non-hydrogen) atoms. The third-order valence-corrected chi connectivity index (χ3v) is 5.77. The largest absolute Gasteiger partial charge is 0.369 e. The second-order valence-electron chi connectivity index (χ2n) is 7.41. The van der Waals surface area contributed by atoms with E-state index in [2.05, 4.69) is 53.7 Å². The van der Waals surface area contributed by atoms with Gasteiger partial charge in [0.15, 0.2) is 0 Å². The van der Waals surface area contributed by atoms with E-state index in [1.165, 1.54) is 23.2 Å².